The Morgan fingerprint density at radius 2 is 1.61 bits per heavy atom. The lowest BCUT2D eigenvalue weighted by Gasteiger charge is -2.13. The average Bonchev–Trinajstić information content (AvgIpc) is 2.40. The third-order valence-corrected chi connectivity index (χ3v) is 2.93. The Labute approximate surface area is 124 Å². The van der Waals surface area contributed by atoms with Gasteiger partial charge in [-0.1, -0.05) is 0 Å². The van der Waals surface area contributed by atoms with Crippen LogP contribution in [0.15, 0.2) is 16.9 Å². The van der Waals surface area contributed by atoms with Gasteiger partial charge in [0.2, 0.25) is 0 Å². The van der Waals surface area contributed by atoms with Crippen LogP contribution in [0, 0.1) is 17.5 Å². The lowest BCUT2D eigenvalue weighted by molar-refractivity contribution is 0.0695. The third kappa shape index (κ3) is 2.61. The lowest BCUT2D eigenvalue weighted by atomic mass is 9.95. The number of rotatable bonds is 3. The molecule has 2 aromatic rings. The number of benzene rings is 1. The van der Waals surface area contributed by atoms with Gasteiger partial charge in [-0.3, -0.25) is 4.79 Å². The topological polar surface area (TPSA) is 133 Å². The molecule has 0 amide bonds. The molecule has 0 unspecified atom stereocenters. The number of hydrogen-bond acceptors (Lipinski definition) is 4. The molecular weight excluding hydrogens is 321 g/mol. The van der Waals surface area contributed by atoms with Crippen LogP contribution in [0.1, 0.15) is 20.7 Å². The second-order valence-corrected chi connectivity index (χ2v) is 4.35. The van der Waals surface area contributed by atoms with Crippen LogP contribution in [0.5, 0.6) is 0 Å². The Kier molecular flexibility index (Phi) is 3.83. The first-order valence-electron chi connectivity index (χ1n) is 5.82. The second-order valence-electron chi connectivity index (χ2n) is 4.35. The summed E-state index contributed by atoms with van der Waals surface area (Å²) in [6.45, 7) is 0. The van der Waals surface area contributed by atoms with Crippen molar-refractivity contribution in [3.8, 4) is 11.1 Å². The molecule has 2 rings (SSSR count). The molecular formula is C13H7F3N2O5. The quantitative estimate of drug-likeness (QED) is 0.630. The van der Waals surface area contributed by atoms with E-state index in [1.165, 1.54) is 0 Å². The zero-order chi connectivity index (χ0) is 17.5. The molecule has 0 fully saturated rings. The van der Waals surface area contributed by atoms with E-state index in [1.54, 1.807) is 4.98 Å². The number of H-pyrrole nitrogens is 1. The van der Waals surface area contributed by atoms with E-state index in [4.69, 9.17) is 15.9 Å². The zero-order valence-corrected chi connectivity index (χ0v) is 11.0. The van der Waals surface area contributed by atoms with E-state index in [2.05, 4.69) is 0 Å². The SMILES string of the molecule is Nc1[nH]c(=O)c(C(=O)O)c(-c2cc(F)cc(F)c2F)c1C(=O)O. The number of nitrogen functional groups attached to an aromatic ring is 1. The summed E-state index contributed by atoms with van der Waals surface area (Å²) in [5, 5.41) is 18.2. The maximum absolute atomic E-state index is 13.9. The molecule has 0 aliphatic rings. The fourth-order valence-corrected chi connectivity index (χ4v) is 2.05. The molecule has 0 radical (unpaired) electrons. The van der Waals surface area contributed by atoms with Gasteiger partial charge >= 0.3 is 11.9 Å². The van der Waals surface area contributed by atoms with Crippen LogP contribution in [-0.2, 0) is 0 Å². The first-order valence-corrected chi connectivity index (χ1v) is 5.82. The third-order valence-electron chi connectivity index (χ3n) is 2.93. The van der Waals surface area contributed by atoms with Crippen molar-refractivity contribution in [2.75, 3.05) is 5.73 Å². The van der Waals surface area contributed by atoms with Crippen LogP contribution in [0.3, 0.4) is 0 Å². The van der Waals surface area contributed by atoms with Crippen LogP contribution in [0.25, 0.3) is 11.1 Å². The summed E-state index contributed by atoms with van der Waals surface area (Å²) in [6.07, 6.45) is 0. The fourth-order valence-electron chi connectivity index (χ4n) is 2.05. The number of aromatic amines is 1. The molecule has 0 spiro atoms. The Morgan fingerprint density at radius 3 is 2.13 bits per heavy atom. The molecule has 120 valence electrons. The molecule has 23 heavy (non-hydrogen) atoms. The average molecular weight is 328 g/mol. The smallest absolute Gasteiger partial charge is 0.342 e. The molecule has 0 atom stereocenters. The highest BCUT2D eigenvalue weighted by molar-refractivity contribution is 6.07. The monoisotopic (exact) mass is 328 g/mol. The molecule has 0 aliphatic carbocycles. The fraction of sp³-hybridized carbons (Fsp3) is 0. The van der Waals surface area contributed by atoms with Crippen LogP contribution in [0.4, 0.5) is 19.0 Å². The lowest BCUT2D eigenvalue weighted by Crippen LogP contribution is -2.24. The summed E-state index contributed by atoms with van der Waals surface area (Å²) >= 11 is 0. The van der Waals surface area contributed by atoms with Gasteiger partial charge in [0, 0.05) is 17.2 Å². The largest absolute Gasteiger partial charge is 0.478 e. The molecule has 10 heteroatoms. The van der Waals surface area contributed by atoms with Crippen LogP contribution >= 0.6 is 0 Å². The van der Waals surface area contributed by atoms with Crippen molar-refractivity contribution in [1.29, 1.82) is 0 Å². The Balaban J connectivity index is 3.10. The number of carboxylic acids is 2. The standard InChI is InChI=1S/C13H7F3N2O5/c14-3-1-4(9(16)5(15)2-3)6-7(12(20)21)10(17)18-11(19)8(6)13(22)23/h1-2H,(H,20,21)(H,22,23)(H3,17,18,19). The van der Waals surface area contributed by atoms with Gasteiger partial charge in [0.15, 0.2) is 11.6 Å². The molecule has 0 saturated carbocycles. The van der Waals surface area contributed by atoms with Crippen molar-refractivity contribution in [1.82, 2.24) is 4.98 Å². The molecule has 0 bridgehead atoms. The Morgan fingerprint density at radius 1 is 1.04 bits per heavy atom. The Bertz CT molecular complexity index is 907. The van der Waals surface area contributed by atoms with E-state index in [-0.39, 0.29) is 6.07 Å². The predicted molar refractivity (Wildman–Crippen MR) is 70.7 cm³/mol. The molecule has 7 nitrogen and oxygen atoms in total. The molecule has 0 aliphatic heterocycles. The van der Waals surface area contributed by atoms with Gasteiger partial charge < -0.3 is 20.9 Å². The molecule has 1 aromatic heterocycles. The van der Waals surface area contributed by atoms with Crippen molar-refractivity contribution in [2.24, 2.45) is 0 Å². The van der Waals surface area contributed by atoms with Crippen LogP contribution < -0.4 is 11.3 Å². The van der Waals surface area contributed by atoms with E-state index in [0.29, 0.717) is 6.07 Å². The number of aromatic carboxylic acids is 2. The number of aromatic nitrogens is 1. The van der Waals surface area contributed by atoms with E-state index in [0.717, 1.165) is 0 Å². The van der Waals surface area contributed by atoms with Gasteiger partial charge in [0.05, 0.1) is 0 Å². The number of hydrogen-bond donors (Lipinski definition) is 4. The van der Waals surface area contributed by atoms with Gasteiger partial charge in [-0.25, -0.2) is 22.8 Å². The highest BCUT2D eigenvalue weighted by Crippen LogP contribution is 2.32. The number of carboxylic acid groups (broad SMARTS) is 2. The first-order chi connectivity index (χ1) is 10.6. The van der Waals surface area contributed by atoms with E-state index < -0.39 is 63.0 Å². The van der Waals surface area contributed by atoms with Crippen molar-refractivity contribution < 1.29 is 33.0 Å². The summed E-state index contributed by atoms with van der Waals surface area (Å²) in [7, 11) is 0. The second kappa shape index (κ2) is 5.48. The zero-order valence-electron chi connectivity index (χ0n) is 11.0. The van der Waals surface area contributed by atoms with E-state index in [9.17, 15) is 27.6 Å². The number of pyridine rings is 1. The van der Waals surface area contributed by atoms with Crippen LogP contribution in [0.2, 0.25) is 0 Å². The van der Waals surface area contributed by atoms with Gasteiger partial charge in [0.1, 0.15) is 22.8 Å². The highest BCUT2D eigenvalue weighted by Gasteiger charge is 2.29. The first kappa shape index (κ1) is 16.1. The summed E-state index contributed by atoms with van der Waals surface area (Å²) in [4.78, 5) is 36.0. The van der Waals surface area contributed by atoms with Crippen molar-refractivity contribution in [3.05, 3.63) is 51.1 Å². The van der Waals surface area contributed by atoms with Crippen molar-refractivity contribution >= 4 is 17.8 Å². The van der Waals surface area contributed by atoms with E-state index in [1.807, 2.05) is 0 Å². The van der Waals surface area contributed by atoms with Gasteiger partial charge in [-0.15, -0.1) is 0 Å². The molecule has 1 aromatic carbocycles. The van der Waals surface area contributed by atoms with Crippen molar-refractivity contribution in [2.45, 2.75) is 0 Å². The van der Waals surface area contributed by atoms with Crippen LogP contribution in [-0.4, -0.2) is 27.1 Å². The summed E-state index contributed by atoms with van der Waals surface area (Å²) in [5.41, 5.74) is -0.306. The molecule has 5 N–H and O–H groups in total. The maximum atomic E-state index is 13.9. The highest BCUT2D eigenvalue weighted by atomic mass is 19.2. The Hall–Kier alpha value is -3.30. The minimum atomic E-state index is -1.92. The number of nitrogens with two attached hydrogens (primary N) is 1. The number of halogens is 3. The molecule has 1 heterocycles. The van der Waals surface area contributed by atoms with Gasteiger partial charge in [-0.05, 0) is 6.07 Å². The predicted octanol–water partition coefficient (Wildman–Crippen LogP) is 1.44. The number of carbonyl (C=O) groups is 2. The maximum Gasteiger partial charge on any atom is 0.342 e. The minimum Gasteiger partial charge on any atom is -0.478 e. The van der Waals surface area contributed by atoms with Gasteiger partial charge in [0.25, 0.3) is 5.56 Å². The van der Waals surface area contributed by atoms with Crippen molar-refractivity contribution in [3.63, 3.8) is 0 Å². The summed E-state index contributed by atoms with van der Waals surface area (Å²) in [5.74, 6) is -9.24. The van der Waals surface area contributed by atoms with Gasteiger partial charge in [-0.2, -0.15) is 0 Å². The minimum absolute atomic E-state index is 0.177. The molecule has 0 saturated heterocycles. The number of nitrogens with one attached hydrogen (secondary N) is 1. The van der Waals surface area contributed by atoms with E-state index >= 15 is 0 Å². The number of anilines is 1. The summed E-state index contributed by atoms with van der Waals surface area (Å²) < 4.78 is 40.6. The summed E-state index contributed by atoms with van der Waals surface area (Å²) in [6, 6.07) is 0.543. The normalized spacial score (nSPS) is 10.6.